The predicted octanol–water partition coefficient (Wildman–Crippen LogP) is 4.67. The number of nitrogens with two attached hydrogens (primary N) is 1. The van der Waals surface area contributed by atoms with Crippen LogP contribution in [0.4, 0.5) is 0 Å². The van der Waals surface area contributed by atoms with E-state index in [2.05, 4.69) is 35.1 Å². The first-order valence-electron chi connectivity index (χ1n) is 6.35. The second-order valence-corrected chi connectivity index (χ2v) is 7.29. The monoisotopic (exact) mass is 322 g/mol. The topological polar surface area (TPSA) is 38.0 Å². The van der Waals surface area contributed by atoms with Crippen molar-refractivity contribution >= 4 is 43.7 Å². The fourth-order valence-corrected chi connectivity index (χ4v) is 4.73. The van der Waals surface area contributed by atoms with Crippen molar-refractivity contribution < 1.29 is 0 Å². The molecule has 3 N–H and O–H groups in total. The number of hydrogen-bond donors (Lipinski definition) is 2. The number of aryl methyl sites for hydroxylation is 1. The molecule has 1 unspecified atom stereocenters. The molecule has 0 radical (unpaired) electrons. The zero-order valence-corrected chi connectivity index (χ0v) is 13.4. The van der Waals surface area contributed by atoms with E-state index >= 15 is 0 Å². The van der Waals surface area contributed by atoms with Gasteiger partial charge in [-0.3, -0.25) is 11.3 Å². The van der Waals surface area contributed by atoms with E-state index in [1.54, 1.807) is 22.7 Å². The van der Waals surface area contributed by atoms with Gasteiger partial charge in [0, 0.05) is 19.3 Å². The Bertz CT molecular complexity index is 704. The third-order valence-electron chi connectivity index (χ3n) is 3.34. The largest absolute Gasteiger partial charge is 0.271 e. The van der Waals surface area contributed by atoms with Gasteiger partial charge in [-0.1, -0.05) is 23.7 Å². The number of thiophene rings is 2. The van der Waals surface area contributed by atoms with Crippen molar-refractivity contribution in [3.05, 3.63) is 56.7 Å². The number of rotatable bonds is 4. The number of hydrogen-bond acceptors (Lipinski definition) is 4. The quantitative estimate of drug-likeness (QED) is 0.541. The third-order valence-corrected chi connectivity index (χ3v) is 5.89. The summed E-state index contributed by atoms with van der Waals surface area (Å²) in [4.78, 5) is 1.26. The Hall–Kier alpha value is -0.910. The van der Waals surface area contributed by atoms with Gasteiger partial charge in [-0.2, -0.15) is 0 Å². The van der Waals surface area contributed by atoms with E-state index in [4.69, 9.17) is 17.4 Å². The maximum absolute atomic E-state index is 6.31. The van der Waals surface area contributed by atoms with Crippen LogP contribution in [-0.2, 0) is 6.42 Å². The number of fused-ring (bicyclic) bond motifs is 1. The summed E-state index contributed by atoms with van der Waals surface area (Å²) < 4.78 is 2.64. The molecule has 5 heteroatoms. The number of hydrazine groups is 1. The van der Waals surface area contributed by atoms with Crippen LogP contribution in [0.15, 0.2) is 35.7 Å². The van der Waals surface area contributed by atoms with Gasteiger partial charge < -0.3 is 0 Å². The van der Waals surface area contributed by atoms with E-state index in [9.17, 15) is 0 Å². The Morgan fingerprint density at radius 1 is 1.25 bits per heavy atom. The highest BCUT2D eigenvalue weighted by molar-refractivity contribution is 7.26. The van der Waals surface area contributed by atoms with Crippen molar-refractivity contribution in [2.75, 3.05) is 0 Å². The lowest BCUT2D eigenvalue weighted by molar-refractivity contribution is 0.561. The molecule has 104 valence electrons. The molecule has 2 nitrogen and oxygen atoms in total. The van der Waals surface area contributed by atoms with Gasteiger partial charge in [0.2, 0.25) is 0 Å². The summed E-state index contributed by atoms with van der Waals surface area (Å²) in [6.07, 6.45) is 0.795. The number of halogens is 1. The van der Waals surface area contributed by atoms with Crippen LogP contribution in [0, 0.1) is 6.92 Å². The molecule has 20 heavy (non-hydrogen) atoms. The Kier molecular flexibility index (Phi) is 4.10. The Morgan fingerprint density at radius 2 is 2.10 bits per heavy atom. The molecule has 0 saturated carbocycles. The molecule has 0 spiro atoms. The van der Waals surface area contributed by atoms with E-state index in [0.717, 1.165) is 17.0 Å². The molecular formula is C15H15ClN2S2. The molecular weight excluding hydrogens is 308 g/mol. The average Bonchev–Trinajstić information content (AvgIpc) is 2.98. The van der Waals surface area contributed by atoms with Crippen molar-refractivity contribution in [2.45, 2.75) is 19.4 Å². The zero-order chi connectivity index (χ0) is 14.1. The Balaban J connectivity index is 1.88. The molecule has 0 fully saturated rings. The maximum Gasteiger partial charge on any atom is 0.0594 e. The number of benzene rings is 1. The third kappa shape index (κ3) is 2.75. The van der Waals surface area contributed by atoms with Gasteiger partial charge >= 0.3 is 0 Å². The fourth-order valence-electron chi connectivity index (χ4n) is 2.24. The Labute approximate surface area is 131 Å². The molecule has 2 aromatic heterocycles. The SMILES string of the molecule is Cc1ccc(CC(NN)c2cc3sccc3s2)c(Cl)c1. The second-order valence-electron chi connectivity index (χ2n) is 4.82. The van der Waals surface area contributed by atoms with Crippen LogP contribution >= 0.6 is 34.3 Å². The van der Waals surface area contributed by atoms with Gasteiger partial charge in [-0.25, -0.2) is 0 Å². The Morgan fingerprint density at radius 3 is 2.80 bits per heavy atom. The van der Waals surface area contributed by atoms with Crippen molar-refractivity contribution in [2.24, 2.45) is 5.84 Å². The first kappa shape index (κ1) is 14.0. The first-order valence-corrected chi connectivity index (χ1v) is 8.43. The maximum atomic E-state index is 6.31. The van der Waals surface area contributed by atoms with Crippen molar-refractivity contribution in [3.63, 3.8) is 0 Å². The summed E-state index contributed by atoms with van der Waals surface area (Å²) in [6.45, 7) is 2.04. The highest BCUT2D eigenvalue weighted by atomic mass is 35.5. The van der Waals surface area contributed by atoms with Crippen LogP contribution in [0.5, 0.6) is 0 Å². The van der Waals surface area contributed by atoms with Crippen LogP contribution in [0.1, 0.15) is 22.0 Å². The number of nitrogens with one attached hydrogen (secondary N) is 1. The molecule has 3 aromatic rings. The van der Waals surface area contributed by atoms with E-state index in [-0.39, 0.29) is 6.04 Å². The van der Waals surface area contributed by atoms with Crippen LogP contribution in [0.25, 0.3) is 9.40 Å². The van der Waals surface area contributed by atoms with Gasteiger partial charge in [0.15, 0.2) is 0 Å². The van der Waals surface area contributed by atoms with Crippen molar-refractivity contribution in [1.82, 2.24) is 5.43 Å². The van der Waals surface area contributed by atoms with Crippen LogP contribution in [0.3, 0.4) is 0 Å². The molecule has 1 atom stereocenters. The molecule has 0 aliphatic rings. The first-order chi connectivity index (χ1) is 9.67. The fraction of sp³-hybridized carbons (Fsp3) is 0.200. The van der Waals surface area contributed by atoms with Crippen molar-refractivity contribution in [1.29, 1.82) is 0 Å². The van der Waals surface area contributed by atoms with Crippen LogP contribution < -0.4 is 11.3 Å². The van der Waals surface area contributed by atoms with Gasteiger partial charge in [-0.15, -0.1) is 22.7 Å². The van der Waals surface area contributed by atoms with Gasteiger partial charge in [0.05, 0.1) is 6.04 Å². The lowest BCUT2D eigenvalue weighted by Crippen LogP contribution is -2.29. The van der Waals surface area contributed by atoms with Gasteiger partial charge in [-0.05, 0) is 48.1 Å². The molecule has 0 aliphatic heterocycles. The van der Waals surface area contributed by atoms with E-state index in [1.807, 2.05) is 13.0 Å². The molecule has 3 rings (SSSR count). The van der Waals surface area contributed by atoms with Crippen LogP contribution in [0.2, 0.25) is 5.02 Å². The predicted molar refractivity (Wildman–Crippen MR) is 89.7 cm³/mol. The summed E-state index contributed by atoms with van der Waals surface area (Å²) in [7, 11) is 0. The minimum absolute atomic E-state index is 0.0970. The van der Waals surface area contributed by atoms with Crippen molar-refractivity contribution in [3.8, 4) is 0 Å². The highest BCUT2D eigenvalue weighted by Gasteiger charge is 2.16. The normalized spacial score (nSPS) is 12.9. The van der Waals surface area contributed by atoms with E-state index in [1.165, 1.54) is 19.8 Å². The van der Waals surface area contributed by atoms with E-state index < -0.39 is 0 Å². The smallest absolute Gasteiger partial charge is 0.0594 e. The zero-order valence-electron chi connectivity index (χ0n) is 11.0. The standard InChI is InChI=1S/C15H15ClN2S2/c1-9-2-3-10(11(16)6-9)7-12(18-17)14-8-15-13(20-14)4-5-19-15/h2-6,8,12,18H,7,17H2,1H3. The summed E-state index contributed by atoms with van der Waals surface area (Å²) in [5.74, 6) is 5.74. The molecule has 0 bridgehead atoms. The minimum atomic E-state index is 0.0970. The van der Waals surface area contributed by atoms with E-state index in [0.29, 0.717) is 0 Å². The molecule has 0 amide bonds. The lowest BCUT2D eigenvalue weighted by atomic mass is 10.0. The average molecular weight is 323 g/mol. The molecule has 2 heterocycles. The van der Waals surface area contributed by atoms with Gasteiger partial charge in [0.1, 0.15) is 0 Å². The lowest BCUT2D eigenvalue weighted by Gasteiger charge is -2.15. The highest BCUT2D eigenvalue weighted by Crippen LogP contribution is 2.35. The molecule has 1 aromatic carbocycles. The molecule has 0 aliphatic carbocycles. The summed E-state index contributed by atoms with van der Waals surface area (Å²) in [5, 5.41) is 2.93. The second kappa shape index (κ2) is 5.84. The summed E-state index contributed by atoms with van der Waals surface area (Å²) in [6, 6.07) is 10.6. The summed E-state index contributed by atoms with van der Waals surface area (Å²) in [5.41, 5.74) is 5.21. The minimum Gasteiger partial charge on any atom is -0.271 e. The molecule has 0 saturated heterocycles. The van der Waals surface area contributed by atoms with Gasteiger partial charge in [0.25, 0.3) is 0 Å². The summed E-state index contributed by atoms with van der Waals surface area (Å²) >= 11 is 9.87. The van der Waals surface area contributed by atoms with Crippen LogP contribution in [-0.4, -0.2) is 0 Å².